The molecule has 2 aliphatic heterocycles. The van der Waals surface area contributed by atoms with Crippen LogP contribution in [0.4, 0.5) is 0 Å². The van der Waals surface area contributed by atoms with E-state index in [1.54, 1.807) is 6.92 Å². The van der Waals surface area contributed by atoms with Gasteiger partial charge in [0, 0.05) is 18.8 Å². The second-order valence-electron chi connectivity index (χ2n) is 5.46. The van der Waals surface area contributed by atoms with Crippen LogP contribution in [0.15, 0.2) is 0 Å². The average molecular weight is 256 g/mol. The van der Waals surface area contributed by atoms with E-state index >= 15 is 0 Å². The van der Waals surface area contributed by atoms with Crippen LogP contribution < -0.4 is 0 Å². The first kappa shape index (κ1) is 13.6. The molecule has 5 heteroatoms. The van der Waals surface area contributed by atoms with Gasteiger partial charge in [0.05, 0.1) is 6.10 Å². The number of hydrogen-bond donors (Lipinski definition) is 0. The van der Waals surface area contributed by atoms with Gasteiger partial charge in [0.2, 0.25) is 0 Å². The molecule has 0 N–H and O–H groups in total. The van der Waals surface area contributed by atoms with Crippen molar-refractivity contribution in [2.45, 2.75) is 64.3 Å². The van der Waals surface area contributed by atoms with Crippen LogP contribution in [0.25, 0.3) is 0 Å². The van der Waals surface area contributed by atoms with Gasteiger partial charge >= 0.3 is 0 Å². The summed E-state index contributed by atoms with van der Waals surface area (Å²) in [5, 5.41) is 0. The zero-order valence-electron chi connectivity index (χ0n) is 11.0. The SMILES string of the molecule is CC(=O)C[C@H]1[C@H]2OC(C)(C)O[C@H]2O[C@@H]1CCC=O. The van der Waals surface area contributed by atoms with Gasteiger partial charge in [-0.3, -0.25) is 0 Å². The van der Waals surface area contributed by atoms with E-state index in [0.717, 1.165) is 6.29 Å². The largest absolute Gasteiger partial charge is 0.346 e. The third-order valence-electron chi connectivity index (χ3n) is 3.39. The maximum Gasteiger partial charge on any atom is 0.187 e. The highest BCUT2D eigenvalue weighted by Gasteiger charge is 2.54. The normalized spacial score (nSPS) is 37.5. The maximum absolute atomic E-state index is 11.3. The number of Topliss-reactive ketones (excluding diaryl/α,β-unsaturated/α-hetero) is 1. The Kier molecular flexibility index (Phi) is 3.84. The topological polar surface area (TPSA) is 61.8 Å². The van der Waals surface area contributed by atoms with Gasteiger partial charge in [-0.25, -0.2) is 0 Å². The van der Waals surface area contributed by atoms with Crippen molar-refractivity contribution in [3.05, 3.63) is 0 Å². The average Bonchev–Trinajstić information content (AvgIpc) is 2.69. The fourth-order valence-electron chi connectivity index (χ4n) is 2.73. The summed E-state index contributed by atoms with van der Waals surface area (Å²) < 4.78 is 17.2. The highest BCUT2D eigenvalue weighted by Crippen LogP contribution is 2.43. The molecule has 0 aliphatic carbocycles. The number of carbonyl (C=O) groups is 2. The summed E-state index contributed by atoms with van der Waals surface area (Å²) >= 11 is 0. The Labute approximate surface area is 107 Å². The third kappa shape index (κ3) is 2.79. The van der Waals surface area contributed by atoms with Crippen molar-refractivity contribution in [1.29, 1.82) is 0 Å². The molecule has 5 nitrogen and oxygen atoms in total. The highest BCUT2D eigenvalue weighted by molar-refractivity contribution is 5.75. The zero-order chi connectivity index (χ0) is 13.3. The summed E-state index contributed by atoms with van der Waals surface area (Å²) in [6.07, 6.45) is 1.56. The molecule has 0 amide bonds. The minimum absolute atomic E-state index is 0.0192. The van der Waals surface area contributed by atoms with Gasteiger partial charge in [-0.2, -0.15) is 0 Å². The van der Waals surface area contributed by atoms with Gasteiger partial charge < -0.3 is 23.8 Å². The molecule has 0 spiro atoms. The van der Waals surface area contributed by atoms with Crippen LogP contribution in [0, 0.1) is 5.92 Å². The molecule has 2 rings (SSSR count). The second kappa shape index (κ2) is 5.07. The first-order valence-electron chi connectivity index (χ1n) is 6.37. The van der Waals surface area contributed by atoms with Crippen LogP contribution in [0.3, 0.4) is 0 Å². The molecule has 0 saturated carbocycles. The van der Waals surface area contributed by atoms with E-state index in [0.29, 0.717) is 19.3 Å². The Bertz CT molecular complexity index is 338. The fourth-order valence-corrected chi connectivity index (χ4v) is 2.73. The van der Waals surface area contributed by atoms with Gasteiger partial charge in [-0.1, -0.05) is 0 Å². The van der Waals surface area contributed by atoms with Crippen LogP contribution in [0.5, 0.6) is 0 Å². The molecule has 0 bridgehead atoms. The lowest BCUT2D eigenvalue weighted by Crippen LogP contribution is -2.31. The molecular weight excluding hydrogens is 236 g/mol. The summed E-state index contributed by atoms with van der Waals surface area (Å²) in [4.78, 5) is 21.8. The summed E-state index contributed by atoms with van der Waals surface area (Å²) in [7, 11) is 0. The number of ether oxygens (including phenoxy) is 3. The standard InChI is InChI=1S/C13H20O5/c1-8(15)7-9-10(5-4-6-14)16-12-11(9)17-13(2,3)18-12/h6,9-12H,4-5,7H2,1-3H3/t9-,10-,11-,12-/m1/s1. The monoisotopic (exact) mass is 256 g/mol. The quantitative estimate of drug-likeness (QED) is 0.696. The molecule has 2 fully saturated rings. The van der Waals surface area contributed by atoms with Crippen molar-refractivity contribution in [2.24, 2.45) is 5.92 Å². The molecule has 0 aromatic heterocycles. The zero-order valence-corrected chi connectivity index (χ0v) is 11.0. The van der Waals surface area contributed by atoms with Crippen molar-refractivity contribution in [3.8, 4) is 0 Å². The Morgan fingerprint density at radius 3 is 2.67 bits per heavy atom. The summed E-state index contributed by atoms with van der Waals surface area (Å²) in [5.41, 5.74) is 0. The molecular formula is C13H20O5. The van der Waals surface area contributed by atoms with Gasteiger partial charge in [-0.05, 0) is 27.2 Å². The van der Waals surface area contributed by atoms with Gasteiger partial charge in [-0.15, -0.1) is 0 Å². The van der Waals surface area contributed by atoms with Crippen molar-refractivity contribution in [2.75, 3.05) is 0 Å². The van der Waals surface area contributed by atoms with E-state index in [9.17, 15) is 9.59 Å². The van der Waals surface area contributed by atoms with Crippen LogP contribution in [-0.4, -0.2) is 36.4 Å². The lowest BCUT2D eigenvalue weighted by molar-refractivity contribution is -0.210. The van der Waals surface area contributed by atoms with Crippen LogP contribution in [-0.2, 0) is 23.8 Å². The molecule has 18 heavy (non-hydrogen) atoms. The Morgan fingerprint density at radius 1 is 1.33 bits per heavy atom. The smallest absolute Gasteiger partial charge is 0.187 e. The number of ketones is 1. The number of rotatable bonds is 5. The molecule has 4 atom stereocenters. The predicted octanol–water partition coefficient (Wildman–Crippen LogP) is 1.44. The van der Waals surface area contributed by atoms with Crippen molar-refractivity contribution < 1.29 is 23.8 Å². The van der Waals surface area contributed by atoms with Crippen molar-refractivity contribution in [1.82, 2.24) is 0 Å². The van der Waals surface area contributed by atoms with E-state index in [4.69, 9.17) is 14.2 Å². The highest BCUT2D eigenvalue weighted by atomic mass is 16.8. The molecule has 0 unspecified atom stereocenters. The Morgan fingerprint density at radius 2 is 2.06 bits per heavy atom. The third-order valence-corrected chi connectivity index (χ3v) is 3.39. The molecule has 0 radical (unpaired) electrons. The summed E-state index contributed by atoms with van der Waals surface area (Å²) in [5.74, 6) is -0.581. The Balaban J connectivity index is 2.07. The number of fused-ring (bicyclic) bond motifs is 1. The van der Waals surface area contributed by atoms with E-state index in [2.05, 4.69) is 0 Å². The minimum atomic E-state index is -0.667. The maximum atomic E-state index is 11.3. The minimum Gasteiger partial charge on any atom is -0.346 e. The second-order valence-corrected chi connectivity index (χ2v) is 5.46. The van der Waals surface area contributed by atoms with Crippen molar-refractivity contribution in [3.63, 3.8) is 0 Å². The van der Waals surface area contributed by atoms with E-state index in [1.807, 2.05) is 13.8 Å². The number of carbonyl (C=O) groups excluding carboxylic acids is 2. The molecule has 0 aromatic rings. The summed E-state index contributed by atoms with van der Waals surface area (Å²) in [6.45, 7) is 5.23. The van der Waals surface area contributed by atoms with Crippen molar-refractivity contribution >= 4 is 12.1 Å². The number of hydrogen-bond acceptors (Lipinski definition) is 5. The first-order chi connectivity index (χ1) is 8.43. The van der Waals surface area contributed by atoms with Gasteiger partial charge in [0.15, 0.2) is 12.1 Å². The van der Waals surface area contributed by atoms with Crippen LogP contribution >= 0.6 is 0 Å². The lowest BCUT2D eigenvalue weighted by atomic mass is 9.90. The van der Waals surface area contributed by atoms with Crippen LogP contribution in [0.2, 0.25) is 0 Å². The molecule has 2 heterocycles. The predicted molar refractivity (Wildman–Crippen MR) is 62.8 cm³/mol. The fraction of sp³-hybridized carbons (Fsp3) is 0.846. The molecule has 102 valence electrons. The number of aldehydes is 1. The first-order valence-corrected chi connectivity index (χ1v) is 6.37. The van der Waals surface area contributed by atoms with Crippen LogP contribution in [0.1, 0.15) is 40.0 Å². The Hall–Kier alpha value is -0.780. The van der Waals surface area contributed by atoms with Gasteiger partial charge in [0.1, 0.15) is 18.2 Å². The lowest BCUT2D eigenvalue weighted by Gasteiger charge is -2.24. The van der Waals surface area contributed by atoms with E-state index in [1.165, 1.54) is 0 Å². The molecule has 2 aliphatic rings. The van der Waals surface area contributed by atoms with Gasteiger partial charge in [0.25, 0.3) is 0 Å². The summed E-state index contributed by atoms with van der Waals surface area (Å²) in [6, 6.07) is 0. The molecule has 0 aromatic carbocycles. The van der Waals surface area contributed by atoms with E-state index in [-0.39, 0.29) is 23.9 Å². The van der Waals surface area contributed by atoms with E-state index < -0.39 is 12.1 Å². The molecule has 2 saturated heterocycles.